The van der Waals surface area contributed by atoms with Gasteiger partial charge in [-0.1, -0.05) is 30.3 Å². The number of fused-ring (bicyclic) bond motifs is 3. The summed E-state index contributed by atoms with van der Waals surface area (Å²) in [5.74, 6) is 0.0788. The van der Waals surface area contributed by atoms with Gasteiger partial charge < -0.3 is 19.6 Å². The van der Waals surface area contributed by atoms with Crippen LogP contribution in [0.15, 0.2) is 69.2 Å². The summed E-state index contributed by atoms with van der Waals surface area (Å²) in [5, 5.41) is 10.3. The lowest BCUT2D eigenvalue weighted by Gasteiger charge is -2.26. The second-order valence-corrected chi connectivity index (χ2v) is 5.80. The molecule has 2 heterocycles. The van der Waals surface area contributed by atoms with Gasteiger partial charge in [0.1, 0.15) is 23.0 Å². The zero-order valence-electron chi connectivity index (χ0n) is 13.9. The van der Waals surface area contributed by atoms with E-state index in [2.05, 4.69) is 6.07 Å². The van der Waals surface area contributed by atoms with E-state index in [0.29, 0.717) is 28.0 Å². The fourth-order valence-electron chi connectivity index (χ4n) is 3.28. The van der Waals surface area contributed by atoms with E-state index in [1.54, 1.807) is 36.4 Å². The van der Waals surface area contributed by atoms with Crippen molar-refractivity contribution in [3.05, 3.63) is 81.5 Å². The van der Waals surface area contributed by atoms with Crippen LogP contribution in [0.4, 0.5) is 0 Å². The van der Waals surface area contributed by atoms with Crippen LogP contribution in [-0.2, 0) is 0 Å². The molecule has 0 amide bonds. The van der Waals surface area contributed by atoms with Crippen LogP contribution < -0.4 is 20.8 Å². The van der Waals surface area contributed by atoms with E-state index in [1.807, 2.05) is 12.1 Å². The molecule has 0 fully saturated rings. The van der Waals surface area contributed by atoms with Crippen molar-refractivity contribution in [1.82, 2.24) is 0 Å². The van der Waals surface area contributed by atoms with Crippen molar-refractivity contribution in [3.63, 3.8) is 0 Å². The summed E-state index contributed by atoms with van der Waals surface area (Å²) < 4.78 is 16.6. The summed E-state index contributed by atoms with van der Waals surface area (Å²) in [6.45, 7) is 0. The Morgan fingerprint density at radius 2 is 1.88 bits per heavy atom. The molecule has 0 unspecified atom stereocenters. The van der Waals surface area contributed by atoms with Gasteiger partial charge in [0.2, 0.25) is 5.88 Å². The minimum atomic E-state index is -0.735. The molecule has 0 bridgehead atoms. The lowest BCUT2D eigenvalue weighted by atomic mass is 9.83. The number of rotatable bonds is 2. The highest BCUT2D eigenvalue weighted by molar-refractivity contribution is 5.86. The first-order valence-corrected chi connectivity index (χ1v) is 7.92. The van der Waals surface area contributed by atoms with Crippen LogP contribution in [0.5, 0.6) is 11.5 Å². The molecule has 4 rings (SSSR count). The maximum atomic E-state index is 12.8. The van der Waals surface area contributed by atoms with Crippen LogP contribution in [-0.4, -0.2) is 7.11 Å². The van der Waals surface area contributed by atoms with Crippen molar-refractivity contribution < 1.29 is 13.9 Å². The van der Waals surface area contributed by atoms with Crippen molar-refractivity contribution >= 4 is 11.0 Å². The highest BCUT2D eigenvalue weighted by Crippen LogP contribution is 2.45. The van der Waals surface area contributed by atoms with Gasteiger partial charge in [-0.25, -0.2) is 4.79 Å². The molecule has 0 aliphatic carbocycles. The molecule has 0 saturated heterocycles. The number of nitriles is 1. The van der Waals surface area contributed by atoms with E-state index in [-0.39, 0.29) is 17.0 Å². The zero-order valence-corrected chi connectivity index (χ0v) is 13.9. The summed E-state index contributed by atoms with van der Waals surface area (Å²) in [6, 6.07) is 16.3. The molecule has 2 N–H and O–H groups in total. The summed E-state index contributed by atoms with van der Waals surface area (Å²) in [7, 11) is 1.53. The second kappa shape index (κ2) is 5.97. The normalized spacial score (nSPS) is 15.9. The summed E-state index contributed by atoms with van der Waals surface area (Å²) in [6.07, 6.45) is 0. The Kier molecular flexibility index (Phi) is 3.63. The molecule has 6 nitrogen and oxygen atoms in total. The highest BCUT2D eigenvalue weighted by atomic mass is 16.5. The largest absolute Gasteiger partial charge is 0.496 e. The Labute approximate surface area is 148 Å². The van der Waals surface area contributed by atoms with Gasteiger partial charge in [0.05, 0.1) is 24.0 Å². The molecule has 1 aromatic heterocycles. The molecule has 0 saturated carbocycles. The van der Waals surface area contributed by atoms with Crippen LogP contribution in [0.25, 0.3) is 11.0 Å². The Balaban J connectivity index is 2.11. The number of ether oxygens (including phenoxy) is 2. The number of allylic oxidation sites excluding steroid dienone is 1. The van der Waals surface area contributed by atoms with Gasteiger partial charge in [-0.15, -0.1) is 0 Å². The standard InChI is InChI=1S/C20H14N2O4/c1-24-14-8-4-2-6-11(14)16-13(10-21)19(22)26-18-12-7-3-5-9-15(12)25-20(23)17(16)18/h2-9,16H,22H2,1H3/t16-/m0/s1. The van der Waals surface area contributed by atoms with Gasteiger partial charge in [-0.3, -0.25) is 0 Å². The van der Waals surface area contributed by atoms with E-state index in [9.17, 15) is 10.1 Å². The predicted octanol–water partition coefficient (Wildman–Crippen LogP) is 3.02. The van der Waals surface area contributed by atoms with Gasteiger partial charge in [0, 0.05) is 5.56 Å². The fraction of sp³-hybridized carbons (Fsp3) is 0.100. The third-order valence-corrected chi connectivity index (χ3v) is 4.42. The minimum Gasteiger partial charge on any atom is -0.496 e. The second-order valence-electron chi connectivity index (χ2n) is 5.80. The SMILES string of the molecule is COc1ccccc1[C@H]1C(C#N)=C(N)Oc2c1c(=O)oc1ccccc21. The molecule has 1 atom stereocenters. The average Bonchev–Trinajstić information content (AvgIpc) is 2.67. The van der Waals surface area contributed by atoms with Gasteiger partial charge in [-0.2, -0.15) is 5.26 Å². The minimum absolute atomic E-state index is 0.0355. The number of benzene rings is 2. The summed E-state index contributed by atoms with van der Waals surface area (Å²) in [5.41, 5.74) is 6.86. The summed E-state index contributed by atoms with van der Waals surface area (Å²) >= 11 is 0. The quantitative estimate of drug-likeness (QED) is 0.716. The van der Waals surface area contributed by atoms with E-state index < -0.39 is 11.5 Å². The Morgan fingerprint density at radius 1 is 1.15 bits per heavy atom. The van der Waals surface area contributed by atoms with Gasteiger partial charge in [0.25, 0.3) is 0 Å². The lowest BCUT2D eigenvalue weighted by Crippen LogP contribution is -2.26. The number of hydrogen-bond donors (Lipinski definition) is 1. The van der Waals surface area contributed by atoms with Crippen molar-refractivity contribution in [2.24, 2.45) is 5.73 Å². The van der Waals surface area contributed by atoms with E-state index in [0.717, 1.165) is 0 Å². The third kappa shape index (κ3) is 2.22. The van der Waals surface area contributed by atoms with Gasteiger partial charge >= 0.3 is 5.63 Å². The molecular formula is C20H14N2O4. The van der Waals surface area contributed by atoms with Crippen LogP contribution >= 0.6 is 0 Å². The van der Waals surface area contributed by atoms with Crippen LogP contribution in [0.1, 0.15) is 17.0 Å². The van der Waals surface area contributed by atoms with Crippen molar-refractivity contribution in [2.75, 3.05) is 7.11 Å². The molecule has 1 aliphatic rings. The fourth-order valence-corrected chi connectivity index (χ4v) is 3.28. The highest BCUT2D eigenvalue weighted by Gasteiger charge is 2.36. The van der Waals surface area contributed by atoms with Crippen molar-refractivity contribution in [1.29, 1.82) is 5.26 Å². The maximum absolute atomic E-state index is 12.8. The Morgan fingerprint density at radius 3 is 2.65 bits per heavy atom. The molecule has 2 aromatic carbocycles. The van der Waals surface area contributed by atoms with Crippen LogP contribution in [0.3, 0.4) is 0 Å². The smallest absolute Gasteiger partial charge is 0.344 e. The van der Waals surface area contributed by atoms with E-state index in [4.69, 9.17) is 19.6 Å². The van der Waals surface area contributed by atoms with E-state index >= 15 is 0 Å². The van der Waals surface area contributed by atoms with Crippen molar-refractivity contribution in [3.8, 4) is 17.6 Å². The molecular weight excluding hydrogens is 332 g/mol. The molecule has 1 aliphatic heterocycles. The molecule has 6 heteroatoms. The van der Waals surface area contributed by atoms with Crippen molar-refractivity contribution in [2.45, 2.75) is 5.92 Å². The van der Waals surface area contributed by atoms with Crippen LogP contribution in [0, 0.1) is 11.3 Å². The zero-order chi connectivity index (χ0) is 18.3. The van der Waals surface area contributed by atoms with Gasteiger partial charge in [-0.05, 0) is 18.2 Å². The van der Waals surface area contributed by atoms with Crippen LogP contribution in [0.2, 0.25) is 0 Å². The van der Waals surface area contributed by atoms with Gasteiger partial charge in [0.15, 0.2) is 5.75 Å². The Hall–Kier alpha value is -3.72. The lowest BCUT2D eigenvalue weighted by molar-refractivity contribution is 0.382. The number of nitrogens with two attached hydrogens (primary N) is 1. The Bertz CT molecular complexity index is 1150. The number of methoxy groups -OCH3 is 1. The molecule has 0 spiro atoms. The average molecular weight is 346 g/mol. The first-order valence-electron chi connectivity index (χ1n) is 7.92. The van der Waals surface area contributed by atoms with E-state index in [1.165, 1.54) is 7.11 Å². The third-order valence-electron chi connectivity index (χ3n) is 4.42. The number of para-hydroxylation sites is 2. The number of hydrogen-bond acceptors (Lipinski definition) is 6. The summed E-state index contributed by atoms with van der Waals surface area (Å²) in [4.78, 5) is 12.8. The maximum Gasteiger partial charge on any atom is 0.344 e. The molecule has 3 aromatic rings. The molecule has 128 valence electrons. The molecule has 26 heavy (non-hydrogen) atoms. The predicted molar refractivity (Wildman–Crippen MR) is 94.8 cm³/mol. The molecule has 0 radical (unpaired) electrons. The monoisotopic (exact) mass is 346 g/mol. The first kappa shape index (κ1) is 15.8. The topological polar surface area (TPSA) is 98.5 Å². The first-order chi connectivity index (χ1) is 12.7. The number of nitrogens with zero attached hydrogens (tertiary/aromatic N) is 1.